The predicted molar refractivity (Wildman–Crippen MR) is 73.7 cm³/mol. The van der Waals surface area contributed by atoms with E-state index in [4.69, 9.17) is 4.74 Å². The molecule has 0 saturated carbocycles. The Labute approximate surface area is 114 Å². The van der Waals surface area contributed by atoms with Crippen LogP contribution in [0.5, 0.6) is 0 Å². The van der Waals surface area contributed by atoms with Gasteiger partial charge in [0.2, 0.25) is 5.91 Å². The van der Waals surface area contributed by atoms with E-state index in [-0.39, 0.29) is 5.91 Å². The summed E-state index contributed by atoms with van der Waals surface area (Å²) in [4.78, 5) is 10.6. The molecule has 0 bridgehead atoms. The summed E-state index contributed by atoms with van der Waals surface area (Å²) in [5.41, 5.74) is 1.09. The molecule has 0 saturated heterocycles. The number of nitrogens with one attached hydrogen (secondary N) is 2. The van der Waals surface area contributed by atoms with Crippen LogP contribution in [0.2, 0.25) is 0 Å². The van der Waals surface area contributed by atoms with E-state index in [0.29, 0.717) is 32.8 Å². The second-order valence-electron chi connectivity index (χ2n) is 4.34. The highest BCUT2D eigenvalue weighted by Gasteiger charge is 2.03. The molecule has 106 valence electrons. The van der Waals surface area contributed by atoms with Gasteiger partial charge in [0.1, 0.15) is 0 Å². The van der Waals surface area contributed by atoms with Crippen molar-refractivity contribution < 1.29 is 14.6 Å². The number of ether oxygens (including phenoxy) is 1. The van der Waals surface area contributed by atoms with Crippen LogP contribution in [0.15, 0.2) is 30.3 Å². The molecule has 0 aromatic heterocycles. The number of hydrogen-bond donors (Lipinski definition) is 3. The number of carbonyl (C=O) groups is 1. The Bertz CT molecular complexity index is 357. The van der Waals surface area contributed by atoms with Gasteiger partial charge < -0.3 is 20.5 Å². The topological polar surface area (TPSA) is 70.6 Å². The minimum absolute atomic E-state index is 0.0476. The van der Waals surface area contributed by atoms with Gasteiger partial charge in [-0.05, 0) is 5.56 Å². The smallest absolute Gasteiger partial charge is 0.216 e. The van der Waals surface area contributed by atoms with Crippen LogP contribution < -0.4 is 10.6 Å². The van der Waals surface area contributed by atoms with Crippen molar-refractivity contribution in [1.82, 2.24) is 10.6 Å². The van der Waals surface area contributed by atoms with Crippen LogP contribution in [0.3, 0.4) is 0 Å². The second-order valence-corrected chi connectivity index (χ2v) is 4.34. The van der Waals surface area contributed by atoms with Crippen molar-refractivity contribution in [2.45, 2.75) is 19.6 Å². The van der Waals surface area contributed by atoms with E-state index < -0.39 is 6.10 Å². The van der Waals surface area contributed by atoms with Gasteiger partial charge in [0.05, 0.1) is 19.3 Å². The lowest BCUT2D eigenvalue weighted by molar-refractivity contribution is -0.118. The minimum atomic E-state index is -0.541. The van der Waals surface area contributed by atoms with Gasteiger partial charge >= 0.3 is 0 Å². The SMILES string of the molecule is CC(=O)NCCNCC(O)COCc1ccccc1. The molecule has 0 aliphatic carbocycles. The number of hydrogen-bond acceptors (Lipinski definition) is 4. The molecule has 0 aliphatic heterocycles. The molecule has 5 nitrogen and oxygen atoms in total. The summed E-state index contributed by atoms with van der Waals surface area (Å²) < 4.78 is 5.42. The van der Waals surface area contributed by atoms with Crippen molar-refractivity contribution in [2.24, 2.45) is 0 Å². The molecule has 1 rings (SSSR count). The molecular weight excluding hydrogens is 244 g/mol. The third-order valence-electron chi connectivity index (χ3n) is 2.48. The molecule has 1 atom stereocenters. The van der Waals surface area contributed by atoms with Crippen LogP contribution in [-0.2, 0) is 16.1 Å². The van der Waals surface area contributed by atoms with Crippen molar-refractivity contribution >= 4 is 5.91 Å². The number of rotatable bonds is 9. The third-order valence-corrected chi connectivity index (χ3v) is 2.48. The molecule has 0 radical (unpaired) electrons. The lowest BCUT2D eigenvalue weighted by Crippen LogP contribution is -2.35. The van der Waals surface area contributed by atoms with Crippen molar-refractivity contribution in [3.8, 4) is 0 Å². The van der Waals surface area contributed by atoms with Crippen LogP contribution >= 0.6 is 0 Å². The summed E-state index contributed by atoms with van der Waals surface area (Å²) in [6.45, 7) is 3.93. The van der Waals surface area contributed by atoms with E-state index in [1.165, 1.54) is 6.92 Å². The molecule has 0 aliphatic rings. The number of carbonyl (C=O) groups excluding carboxylic acids is 1. The zero-order valence-corrected chi connectivity index (χ0v) is 11.3. The van der Waals surface area contributed by atoms with Crippen LogP contribution in [0.25, 0.3) is 0 Å². The maximum atomic E-state index is 10.6. The van der Waals surface area contributed by atoms with E-state index in [0.717, 1.165) is 5.56 Å². The number of amides is 1. The molecule has 19 heavy (non-hydrogen) atoms. The van der Waals surface area contributed by atoms with Gasteiger partial charge in [0.15, 0.2) is 0 Å². The lowest BCUT2D eigenvalue weighted by Gasteiger charge is -2.12. The highest BCUT2D eigenvalue weighted by Crippen LogP contribution is 2.00. The fraction of sp³-hybridized carbons (Fsp3) is 0.500. The summed E-state index contributed by atoms with van der Waals surface area (Å²) in [5.74, 6) is -0.0476. The summed E-state index contributed by atoms with van der Waals surface area (Å²) in [6.07, 6.45) is -0.541. The maximum Gasteiger partial charge on any atom is 0.216 e. The second kappa shape index (κ2) is 9.49. The average molecular weight is 266 g/mol. The third kappa shape index (κ3) is 8.31. The van der Waals surface area contributed by atoms with E-state index >= 15 is 0 Å². The Morgan fingerprint density at radius 3 is 2.74 bits per heavy atom. The van der Waals surface area contributed by atoms with Crippen molar-refractivity contribution in [3.05, 3.63) is 35.9 Å². The average Bonchev–Trinajstić information content (AvgIpc) is 2.39. The quantitative estimate of drug-likeness (QED) is 0.562. The van der Waals surface area contributed by atoms with Gasteiger partial charge in [-0.15, -0.1) is 0 Å². The van der Waals surface area contributed by atoms with Gasteiger partial charge in [-0.3, -0.25) is 4.79 Å². The monoisotopic (exact) mass is 266 g/mol. The molecule has 0 fully saturated rings. The Kier molecular flexibility index (Phi) is 7.81. The van der Waals surface area contributed by atoms with E-state index in [9.17, 15) is 9.90 Å². The van der Waals surface area contributed by atoms with E-state index in [1.54, 1.807) is 0 Å². The first-order valence-electron chi connectivity index (χ1n) is 6.43. The van der Waals surface area contributed by atoms with Gasteiger partial charge in [0, 0.05) is 26.6 Å². The van der Waals surface area contributed by atoms with Crippen molar-refractivity contribution in [3.63, 3.8) is 0 Å². The lowest BCUT2D eigenvalue weighted by atomic mass is 10.2. The molecule has 3 N–H and O–H groups in total. The molecule has 1 aromatic rings. The molecule has 1 aromatic carbocycles. The zero-order valence-electron chi connectivity index (χ0n) is 11.3. The molecule has 0 heterocycles. The molecule has 1 amide bonds. The summed E-state index contributed by atoms with van der Waals surface area (Å²) in [7, 11) is 0. The molecular formula is C14H22N2O3. The van der Waals surface area contributed by atoms with E-state index in [1.807, 2.05) is 30.3 Å². The normalized spacial score (nSPS) is 12.1. The Balaban J connectivity index is 1.99. The first-order valence-corrected chi connectivity index (χ1v) is 6.43. The molecule has 5 heteroatoms. The summed E-state index contributed by atoms with van der Waals surface area (Å²) in [6, 6.07) is 9.84. The maximum absolute atomic E-state index is 10.6. The fourth-order valence-electron chi connectivity index (χ4n) is 1.54. The van der Waals surface area contributed by atoms with Crippen molar-refractivity contribution in [2.75, 3.05) is 26.2 Å². The molecule has 1 unspecified atom stereocenters. The van der Waals surface area contributed by atoms with Gasteiger partial charge in [-0.2, -0.15) is 0 Å². The fourth-order valence-corrected chi connectivity index (χ4v) is 1.54. The number of aliphatic hydroxyl groups is 1. The predicted octanol–water partition coefficient (Wildman–Crippen LogP) is 0.290. The van der Waals surface area contributed by atoms with Crippen LogP contribution in [-0.4, -0.2) is 43.4 Å². The van der Waals surface area contributed by atoms with Gasteiger partial charge in [-0.1, -0.05) is 30.3 Å². The number of aliphatic hydroxyl groups excluding tert-OH is 1. The standard InChI is InChI=1S/C14H22N2O3/c1-12(17)16-8-7-15-9-14(18)11-19-10-13-5-3-2-4-6-13/h2-6,14-15,18H,7-11H2,1H3,(H,16,17). The van der Waals surface area contributed by atoms with E-state index in [2.05, 4.69) is 10.6 Å². The number of benzene rings is 1. The Morgan fingerprint density at radius 2 is 2.05 bits per heavy atom. The Morgan fingerprint density at radius 1 is 1.32 bits per heavy atom. The van der Waals surface area contributed by atoms with Crippen LogP contribution in [0.1, 0.15) is 12.5 Å². The highest BCUT2D eigenvalue weighted by atomic mass is 16.5. The Hall–Kier alpha value is -1.43. The van der Waals surface area contributed by atoms with Gasteiger partial charge in [0.25, 0.3) is 0 Å². The first kappa shape index (κ1) is 15.6. The van der Waals surface area contributed by atoms with Gasteiger partial charge in [-0.25, -0.2) is 0 Å². The zero-order chi connectivity index (χ0) is 13.9. The van der Waals surface area contributed by atoms with Crippen molar-refractivity contribution in [1.29, 1.82) is 0 Å². The summed E-state index contributed by atoms with van der Waals surface area (Å²) in [5, 5.41) is 15.4. The van der Waals surface area contributed by atoms with Crippen LogP contribution in [0, 0.1) is 0 Å². The largest absolute Gasteiger partial charge is 0.389 e. The van der Waals surface area contributed by atoms with Crippen LogP contribution in [0.4, 0.5) is 0 Å². The highest BCUT2D eigenvalue weighted by molar-refractivity contribution is 5.72. The minimum Gasteiger partial charge on any atom is -0.389 e. The molecule has 0 spiro atoms. The first-order chi connectivity index (χ1) is 9.18. The summed E-state index contributed by atoms with van der Waals surface area (Å²) >= 11 is 0.